The van der Waals surface area contributed by atoms with Crippen molar-refractivity contribution >= 4 is 21.1 Å². The van der Waals surface area contributed by atoms with Crippen LogP contribution in [0, 0.1) is 0 Å². The maximum absolute atomic E-state index is 12.7. The van der Waals surface area contributed by atoms with Crippen molar-refractivity contribution in [3.63, 3.8) is 0 Å². The van der Waals surface area contributed by atoms with E-state index < -0.39 is 10.0 Å². The number of hydrogen-bond donors (Lipinski definition) is 1. The minimum absolute atomic E-state index is 0.0359. The number of ether oxygens (including phenoxy) is 1. The van der Waals surface area contributed by atoms with E-state index in [2.05, 4.69) is 30.0 Å². The van der Waals surface area contributed by atoms with E-state index in [0.717, 1.165) is 36.3 Å². The number of sulfonamides is 1. The first kappa shape index (κ1) is 22.3. The second kappa shape index (κ2) is 9.01. The number of nitrogens with one attached hydrogen (secondary N) is 1. The second-order valence-corrected chi connectivity index (χ2v) is 10.3. The monoisotopic (exact) mass is 483 g/mol. The van der Waals surface area contributed by atoms with Gasteiger partial charge in [0.25, 0.3) is 10.0 Å². The first-order valence-corrected chi connectivity index (χ1v) is 12.7. The first-order valence-electron chi connectivity index (χ1n) is 11.2. The van der Waals surface area contributed by atoms with Crippen LogP contribution in [0.25, 0.3) is 11.0 Å². The lowest BCUT2D eigenvalue weighted by Crippen LogP contribution is -2.25. The molecule has 12 heteroatoms. The minimum Gasteiger partial charge on any atom is -0.474 e. The summed E-state index contributed by atoms with van der Waals surface area (Å²) in [6, 6.07) is 8.07. The van der Waals surface area contributed by atoms with Gasteiger partial charge in [-0.15, -0.1) is 4.79 Å². The highest BCUT2D eigenvalue weighted by Crippen LogP contribution is 2.35. The Balaban J connectivity index is 1.28. The molecule has 34 heavy (non-hydrogen) atoms. The van der Waals surface area contributed by atoms with Gasteiger partial charge in [0.1, 0.15) is 17.8 Å². The van der Waals surface area contributed by atoms with Crippen LogP contribution in [-0.4, -0.2) is 44.5 Å². The van der Waals surface area contributed by atoms with Gasteiger partial charge in [0, 0.05) is 11.8 Å². The van der Waals surface area contributed by atoms with Crippen molar-refractivity contribution < 1.29 is 17.7 Å². The van der Waals surface area contributed by atoms with Crippen molar-refractivity contribution in [2.24, 2.45) is 0 Å². The normalized spacial score (nSPS) is 18.9. The Kier molecular flexibility index (Phi) is 5.90. The Morgan fingerprint density at radius 2 is 1.88 bits per heavy atom. The molecule has 3 aromatic heterocycles. The molecular formula is C22H25N7O4S. The third-order valence-corrected chi connectivity index (χ3v) is 7.17. The molecule has 1 aromatic carbocycles. The van der Waals surface area contributed by atoms with Crippen molar-refractivity contribution in [2.75, 3.05) is 4.83 Å². The van der Waals surface area contributed by atoms with Gasteiger partial charge in [0.15, 0.2) is 11.5 Å². The largest absolute Gasteiger partial charge is 0.474 e. The Bertz CT molecular complexity index is 1380. The highest BCUT2D eigenvalue weighted by Gasteiger charge is 2.29. The molecule has 1 fully saturated rings. The number of fused-ring (bicyclic) bond motifs is 1. The lowest BCUT2D eigenvalue weighted by Gasteiger charge is -2.26. The third kappa shape index (κ3) is 4.45. The fourth-order valence-electron chi connectivity index (χ4n) is 3.98. The fraction of sp³-hybridized carbons (Fsp3) is 0.409. The molecule has 0 aliphatic heterocycles. The summed E-state index contributed by atoms with van der Waals surface area (Å²) in [6.45, 7) is 4.08. The zero-order valence-corrected chi connectivity index (χ0v) is 19.6. The van der Waals surface area contributed by atoms with Crippen LogP contribution >= 0.6 is 0 Å². The molecule has 11 nitrogen and oxygen atoms in total. The molecule has 0 atom stereocenters. The lowest BCUT2D eigenvalue weighted by atomic mass is 9.87. The molecule has 0 radical (unpaired) electrons. The van der Waals surface area contributed by atoms with Gasteiger partial charge in [-0.1, -0.05) is 37.2 Å². The SMILES string of the molecule is CC(C)c1noc(C2CCC(Oc3ncnc4c3cnn4NS(=O)(=O)c3ccccc3)CC2)n1. The molecule has 5 rings (SSSR count). The number of aromatic nitrogens is 6. The van der Waals surface area contributed by atoms with Gasteiger partial charge in [0.05, 0.1) is 11.1 Å². The van der Waals surface area contributed by atoms with Crippen LogP contribution in [0.5, 0.6) is 5.88 Å². The topological polar surface area (TPSA) is 138 Å². The van der Waals surface area contributed by atoms with Crippen molar-refractivity contribution in [3.8, 4) is 5.88 Å². The van der Waals surface area contributed by atoms with E-state index in [4.69, 9.17) is 9.26 Å². The minimum atomic E-state index is -3.82. The molecule has 0 amide bonds. The highest BCUT2D eigenvalue weighted by atomic mass is 32.2. The summed E-state index contributed by atoms with van der Waals surface area (Å²) in [7, 11) is -3.82. The summed E-state index contributed by atoms with van der Waals surface area (Å²) in [5.41, 5.74) is 0.310. The van der Waals surface area contributed by atoms with E-state index >= 15 is 0 Å². The molecule has 0 saturated heterocycles. The van der Waals surface area contributed by atoms with E-state index in [-0.39, 0.29) is 22.8 Å². The fourth-order valence-corrected chi connectivity index (χ4v) is 4.96. The molecule has 178 valence electrons. The maximum Gasteiger partial charge on any atom is 0.276 e. The van der Waals surface area contributed by atoms with E-state index in [1.54, 1.807) is 18.2 Å². The molecule has 0 unspecified atom stereocenters. The van der Waals surface area contributed by atoms with Crippen molar-refractivity contribution in [1.29, 1.82) is 0 Å². The van der Waals surface area contributed by atoms with Gasteiger partial charge in [-0.05, 0) is 37.8 Å². The van der Waals surface area contributed by atoms with E-state index in [0.29, 0.717) is 22.8 Å². The predicted molar refractivity (Wildman–Crippen MR) is 122 cm³/mol. The summed E-state index contributed by atoms with van der Waals surface area (Å²) >= 11 is 0. The van der Waals surface area contributed by atoms with Gasteiger partial charge in [0.2, 0.25) is 11.8 Å². The van der Waals surface area contributed by atoms with Crippen molar-refractivity contribution in [1.82, 2.24) is 30.0 Å². The molecule has 3 heterocycles. The van der Waals surface area contributed by atoms with Crippen molar-refractivity contribution in [3.05, 3.63) is 54.6 Å². The van der Waals surface area contributed by atoms with Crippen LogP contribution in [0.15, 0.2) is 52.3 Å². The number of benzene rings is 1. The molecule has 1 saturated carbocycles. The number of rotatable bonds is 7. The number of hydrogen-bond acceptors (Lipinski definition) is 9. The molecule has 0 spiro atoms. The predicted octanol–water partition coefficient (Wildman–Crippen LogP) is 3.37. The quantitative estimate of drug-likeness (QED) is 0.419. The van der Waals surface area contributed by atoms with Crippen LogP contribution in [0.2, 0.25) is 0 Å². The van der Waals surface area contributed by atoms with Gasteiger partial charge < -0.3 is 9.26 Å². The van der Waals surface area contributed by atoms with Crippen LogP contribution in [-0.2, 0) is 10.0 Å². The van der Waals surface area contributed by atoms with Crippen LogP contribution < -0.4 is 9.57 Å². The van der Waals surface area contributed by atoms with Gasteiger partial charge in [-0.3, -0.25) is 0 Å². The summed E-state index contributed by atoms with van der Waals surface area (Å²) < 4.78 is 37.0. The average Bonchev–Trinajstić information content (AvgIpc) is 3.49. The van der Waals surface area contributed by atoms with E-state index in [9.17, 15) is 8.42 Å². The smallest absolute Gasteiger partial charge is 0.276 e. The molecule has 1 aliphatic rings. The Morgan fingerprint density at radius 3 is 2.59 bits per heavy atom. The second-order valence-electron chi connectivity index (χ2n) is 8.62. The summed E-state index contributed by atoms with van der Waals surface area (Å²) in [4.78, 5) is 16.7. The van der Waals surface area contributed by atoms with E-state index in [1.165, 1.54) is 24.7 Å². The summed E-state index contributed by atoms with van der Waals surface area (Å²) in [6.07, 6.45) is 6.16. The highest BCUT2D eigenvalue weighted by molar-refractivity contribution is 7.92. The van der Waals surface area contributed by atoms with Crippen molar-refractivity contribution in [2.45, 2.75) is 62.4 Å². The Hall–Kier alpha value is -3.54. The standard InChI is InChI=1S/C22H25N7O4S/c1-14(2)19-26-21(33-27-19)15-8-10-16(11-9-15)32-22-18-12-25-29(20(18)23-13-24-22)28-34(30,31)17-6-4-3-5-7-17/h3-7,12-16,28H,8-11H2,1-2H3. The zero-order chi connectivity index (χ0) is 23.7. The molecule has 1 N–H and O–H groups in total. The van der Waals surface area contributed by atoms with Gasteiger partial charge >= 0.3 is 0 Å². The molecule has 1 aliphatic carbocycles. The Labute approximate surface area is 196 Å². The van der Waals surface area contributed by atoms with Crippen LogP contribution in [0.1, 0.15) is 63.1 Å². The number of nitrogens with zero attached hydrogens (tertiary/aromatic N) is 6. The summed E-state index contributed by atoms with van der Waals surface area (Å²) in [5.74, 6) is 2.25. The molecule has 4 aromatic rings. The Morgan fingerprint density at radius 1 is 1.12 bits per heavy atom. The molecule has 0 bridgehead atoms. The third-order valence-electron chi connectivity index (χ3n) is 5.86. The van der Waals surface area contributed by atoms with Crippen LogP contribution in [0.3, 0.4) is 0 Å². The summed E-state index contributed by atoms with van der Waals surface area (Å²) in [5, 5.41) is 8.74. The van der Waals surface area contributed by atoms with Gasteiger partial charge in [-0.2, -0.15) is 23.3 Å². The lowest BCUT2D eigenvalue weighted by molar-refractivity contribution is 0.135. The first-order chi connectivity index (χ1) is 16.4. The van der Waals surface area contributed by atoms with E-state index in [1.807, 2.05) is 13.8 Å². The van der Waals surface area contributed by atoms with Crippen LogP contribution in [0.4, 0.5) is 0 Å². The average molecular weight is 484 g/mol. The van der Waals surface area contributed by atoms with Gasteiger partial charge in [-0.25, -0.2) is 9.97 Å². The molecular weight excluding hydrogens is 458 g/mol. The zero-order valence-electron chi connectivity index (χ0n) is 18.8. The maximum atomic E-state index is 12.7.